The lowest BCUT2D eigenvalue weighted by atomic mass is 9.98. The zero-order valence-corrected chi connectivity index (χ0v) is 45.6. The van der Waals surface area contributed by atoms with Crippen molar-refractivity contribution in [1.29, 1.82) is 0 Å². The number of ether oxygens (including phenoxy) is 6. The van der Waals surface area contributed by atoms with Crippen LogP contribution < -0.4 is 0 Å². The van der Waals surface area contributed by atoms with Crippen molar-refractivity contribution in [3.05, 3.63) is 24.3 Å². The molecule has 428 valence electrons. The summed E-state index contributed by atoms with van der Waals surface area (Å²) in [6, 6.07) is 0. The Morgan fingerprint density at radius 3 is 1.30 bits per heavy atom. The first-order valence-corrected chi connectivity index (χ1v) is 29.4. The molecule has 0 aromatic carbocycles. The molecular formula is C58H106O15. The lowest BCUT2D eigenvalue weighted by Crippen LogP contribution is -2.61. The fraction of sp³-hybridized carbons (Fsp3) is 0.897. The maximum Gasteiger partial charge on any atom is 0.306 e. The Morgan fingerprint density at radius 2 is 0.822 bits per heavy atom. The molecule has 2 rings (SSSR count). The van der Waals surface area contributed by atoms with Gasteiger partial charge in [0.15, 0.2) is 18.7 Å². The first kappa shape index (κ1) is 67.1. The second kappa shape index (κ2) is 45.0. The van der Waals surface area contributed by atoms with E-state index in [4.69, 9.17) is 28.4 Å². The second-order valence-corrected chi connectivity index (χ2v) is 20.8. The number of hydrogen-bond donors (Lipinski definition) is 7. The van der Waals surface area contributed by atoms with E-state index in [9.17, 15) is 45.3 Å². The Balaban J connectivity index is 1.74. The third kappa shape index (κ3) is 32.4. The zero-order chi connectivity index (χ0) is 53.2. The van der Waals surface area contributed by atoms with E-state index in [1.807, 2.05) is 0 Å². The van der Waals surface area contributed by atoms with Crippen LogP contribution in [-0.4, -0.2) is 142 Å². The van der Waals surface area contributed by atoms with E-state index in [1.54, 1.807) is 0 Å². The fourth-order valence-electron chi connectivity index (χ4n) is 9.37. The molecule has 2 heterocycles. The number of hydrogen-bond acceptors (Lipinski definition) is 15. The Morgan fingerprint density at radius 1 is 0.438 bits per heavy atom. The third-order valence-electron chi connectivity index (χ3n) is 14.2. The zero-order valence-electron chi connectivity index (χ0n) is 45.6. The Bertz CT molecular complexity index is 1360. The maximum absolute atomic E-state index is 13.1. The van der Waals surface area contributed by atoms with Crippen molar-refractivity contribution in [2.75, 3.05) is 26.4 Å². The summed E-state index contributed by atoms with van der Waals surface area (Å²) in [5.74, 6) is -0.951. The van der Waals surface area contributed by atoms with Crippen LogP contribution >= 0.6 is 0 Å². The quantitative estimate of drug-likeness (QED) is 0.0171. The van der Waals surface area contributed by atoms with E-state index in [1.165, 1.54) is 154 Å². The van der Waals surface area contributed by atoms with Gasteiger partial charge in [0, 0.05) is 12.8 Å². The molecule has 2 saturated heterocycles. The van der Waals surface area contributed by atoms with Gasteiger partial charge in [0.25, 0.3) is 0 Å². The average molecular weight is 1040 g/mol. The molecule has 0 amide bonds. The number of aliphatic hydroxyl groups excluding tert-OH is 7. The topological polar surface area (TPSA) is 231 Å². The molecule has 0 spiro atoms. The minimum absolute atomic E-state index is 0.164. The van der Waals surface area contributed by atoms with E-state index in [0.29, 0.717) is 12.8 Å². The summed E-state index contributed by atoms with van der Waals surface area (Å²) in [7, 11) is 0. The minimum Gasteiger partial charge on any atom is -0.462 e. The largest absolute Gasteiger partial charge is 0.462 e. The van der Waals surface area contributed by atoms with Gasteiger partial charge in [0.05, 0.1) is 19.8 Å². The summed E-state index contributed by atoms with van der Waals surface area (Å²) in [4.78, 5) is 25.9. The Hall–Kier alpha value is -2.02. The van der Waals surface area contributed by atoms with Gasteiger partial charge in [-0.2, -0.15) is 0 Å². The van der Waals surface area contributed by atoms with Crippen LogP contribution in [0.15, 0.2) is 24.3 Å². The highest BCUT2D eigenvalue weighted by molar-refractivity contribution is 5.70. The molecule has 2 aliphatic heterocycles. The van der Waals surface area contributed by atoms with Crippen LogP contribution in [0.25, 0.3) is 0 Å². The molecule has 2 fully saturated rings. The summed E-state index contributed by atoms with van der Waals surface area (Å²) in [6.45, 7) is 2.59. The lowest BCUT2D eigenvalue weighted by Gasteiger charge is -2.42. The fourth-order valence-corrected chi connectivity index (χ4v) is 9.37. The van der Waals surface area contributed by atoms with Gasteiger partial charge in [0.2, 0.25) is 0 Å². The molecule has 0 aromatic heterocycles. The predicted molar refractivity (Wildman–Crippen MR) is 284 cm³/mol. The van der Waals surface area contributed by atoms with Gasteiger partial charge in [-0.15, -0.1) is 0 Å². The minimum atomic E-state index is -1.77. The van der Waals surface area contributed by atoms with E-state index >= 15 is 0 Å². The van der Waals surface area contributed by atoms with Gasteiger partial charge < -0.3 is 64.2 Å². The summed E-state index contributed by atoms with van der Waals surface area (Å²) in [5.41, 5.74) is 0. The summed E-state index contributed by atoms with van der Waals surface area (Å²) < 4.78 is 33.7. The van der Waals surface area contributed by atoms with Gasteiger partial charge in [-0.05, 0) is 44.9 Å². The van der Waals surface area contributed by atoms with Crippen molar-refractivity contribution in [2.45, 2.75) is 306 Å². The van der Waals surface area contributed by atoms with Crippen LogP contribution in [0, 0.1) is 0 Å². The van der Waals surface area contributed by atoms with Crippen molar-refractivity contribution < 1.29 is 73.8 Å². The molecule has 0 saturated carbocycles. The molecule has 15 nitrogen and oxygen atoms in total. The first-order valence-electron chi connectivity index (χ1n) is 29.4. The van der Waals surface area contributed by atoms with Crippen molar-refractivity contribution in [1.82, 2.24) is 0 Å². The molecule has 0 aliphatic carbocycles. The number of carbonyl (C=O) groups excluding carboxylic acids is 2. The normalized spacial score (nSPS) is 24.9. The van der Waals surface area contributed by atoms with Gasteiger partial charge in [-0.25, -0.2) is 0 Å². The van der Waals surface area contributed by atoms with Crippen molar-refractivity contribution in [3.8, 4) is 0 Å². The van der Waals surface area contributed by atoms with Gasteiger partial charge in [-0.3, -0.25) is 9.59 Å². The Labute approximate surface area is 441 Å². The number of allylic oxidation sites excluding steroid dienone is 4. The van der Waals surface area contributed by atoms with Gasteiger partial charge in [-0.1, -0.05) is 205 Å². The molecule has 0 bridgehead atoms. The van der Waals surface area contributed by atoms with Crippen molar-refractivity contribution in [2.24, 2.45) is 0 Å². The first-order chi connectivity index (χ1) is 35.5. The number of rotatable bonds is 47. The molecule has 0 aromatic rings. The molecule has 2 aliphatic rings. The standard InChI is InChI=1S/C58H106O15/c1-3-5-7-9-11-13-15-17-19-20-21-22-23-24-25-27-29-31-33-35-37-39-41-50(61)71-46(43-68-49(60)40-38-36-34-32-30-28-26-18-16-14-12-10-8-6-4-2)44-69-57-56(67)54(65)52(63)48(73-57)45-70-58-55(66)53(64)51(62)47(42-59)72-58/h18,26,30,32,46-48,51-59,62-67H,3-17,19-25,27-29,31,33-45H2,1-2H3/b26-18+,32-30+/t46-,47+,48+,51-,52-,53?,54?,55?,56?,57+,58+/m1/s1. The van der Waals surface area contributed by atoms with Crippen LogP contribution in [0.4, 0.5) is 0 Å². The van der Waals surface area contributed by atoms with Crippen LogP contribution in [0.1, 0.15) is 239 Å². The van der Waals surface area contributed by atoms with Crippen LogP contribution in [0.2, 0.25) is 0 Å². The van der Waals surface area contributed by atoms with Crippen LogP contribution in [0.3, 0.4) is 0 Å². The molecular weight excluding hydrogens is 937 g/mol. The third-order valence-corrected chi connectivity index (χ3v) is 14.2. The SMILES string of the molecule is CCCCCCCC/C=C/C/C=C/CCCCC(=O)OC[C@H](CO[C@H]1O[C@@H](CO[C@H]2O[C@@H](CO)[C@@H](O)C(O)C2O)[C@@H](O)C(O)C1O)OC(=O)CCCCCCCCCCCCCCCCCCCCCCCC. The monoisotopic (exact) mass is 1040 g/mol. The molecule has 73 heavy (non-hydrogen) atoms. The number of esters is 2. The summed E-state index contributed by atoms with van der Waals surface area (Å²) in [6.07, 6.45) is 32.1. The highest BCUT2D eigenvalue weighted by Gasteiger charge is 2.47. The van der Waals surface area contributed by atoms with Crippen LogP contribution in [0.5, 0.6) is 0 Å². The van der Waals surface area contributed by atoms with E-state index in [2.05, 4.69) is 38.2 Å². The summed E-state index contributed by atoms with van der Waals surface area (Å²) >= 11 is 0. The molecule has 11 atom stereocenters. The highest BCUT2D eigenvalue weighted by atomic mass is 16.7. The molecule has 0 radical (unpaired) electrons. The van der Waals surface area contributed by atoms with Crippen molar-refractivity contribution >= 4 is 11.9 Å². The highest BCUT2D eigenvalue weighted by Crippen LogP contribution is 2.27. The lowest BCUT2D eigenvalue weighted by molar-refractivity contribution is -0.332. The maximum atomic E-state index is 13.1. The Kier molecular flexibility index (Phi) is 41.4. The second-order valence-electron chi connectivity index (χ2n) is 20.8. The number of aliphatic hydroxyl groups is 7. The van der Waals surface area contributed by atoms with E-state index in [0.717, 1.165) is 44.9 Å². The molecule has 15 heteroatoms. The van der Waals surface area contributed by atoms with E-state index < -0.39 is 92.7 Å². The van der Waals surface area contributed by atoms with Gasteiger partial charge >= 0.3 is 11.9 Å². The summed E-state index contributed by atoms with van der Waals surface area (Å²) in [5, 5.41) is 72.3. The smallest absolute Gasteiger partial charge is 0.306 e. The molecule has 7 N–H and O–H groups in total. The molecule has 4 unspecified atom stereocenters. The number of carbonyl (C=O) groups is 2. The van der Waals surface area contributed by atoms with E-state index in [-0.39, 0.29) is 26.1 Å². The average Bonchev–Trinajstić information content (AvgIpc) is 3.38. The van der Waals surface area contributed by atoms with Gasteiger partial charge in [0.1, 0.15) is 55.4 Å². The van der Waals surface area contributed by atoms with Crippen LogP contribution in [-0.2, 0) is 38.0 Å². The van der Waals surface area contributed by atoms with Crippen molar-refractivity contribution in [3.63, 3.8) is 0 Å². The number of unbranched alkanes of at least 4 members (excludes halogenated alkanes) is 29. The predicted octanol–water partition coefficient (Wildman–Crippen LogP) is 9.89.